The van der Waals surface area contributed by atoms with Gasteiger partial charge in [-0.2, -0.15) is 0 Å². The molecule has 13 nitrogen and oxygen atoms in total. The molecule has 262 valence electrons. The van der Waals surface area contributed by atoms with E-state index in [-0.39, 0.29) is 11.7 Å². The van der Waals surface area contributed by atoms with Crippen molar-refractivity contribution in [2.24, 2.45) is 5.73 Å². The number of nitrogens with zero attached hydrogens (tertiary/aromatic N) is 2. The van der Waals surface area contributed by atoms with Gasteiger partial charge in [0.25, 0.3) is 11.9 Å². The van der Waals surface area contributed by atoms with Crippen molar-refractivity contribution in [2.45, 2.75) is 53.3 Å². The van der Waals surface area contributed by atoms with E-state index in [1.807, 2.05) is 53.1 Å². The first-order valence-corrected chi connectivity index (χ1v) is 15.3. The lowest BCUT2D eigenvalue weighted by molar-refractivity contribution is -0.302. The molecular weight excluding hydrogens is 628 g/mol. The molecule has 0 saturated carbocycles. The predicted octanol–water partition coefficient (Wildman–Crippen LogP) is 4.29. The van der Waals surface area contributed by atoms with Gasteiger partial charge in [-0.05, 0) is 81.3 Å². The van der Waals surface area contributed by atoms with Crippen molar-refractivity contribution in [2.75, 3.05) is 26.5 Å². The van der Waals surface area contributed by atoms with E-state index in [9.17, 15) is 9.59 Å². The first-order valence-electron chi connectivity index (χ1n) is 15.3. The number of anilines is 1. The number of nitrogens with one attached hydrogen (secondary N) is 3. The number of hydrogen-bond acceptors (Lipinski definition) is 7. The Morgan fingerprint density at radius 1 is 0.939 bits per heavy atom. The number of hydrogen-bond donors (Lipinski definition) is 5. The summed E-state index contributed by atoms with van der Waals surface area (Å²) in [5.74, 6) is -2.16. The molecule has 1 heterocycles. The average molecular weight is 675 g/mol. The molecule has 3 aromatic carbocycles. The standard InChI is InChI=1S/C32H38N6O3.2C2H4O2/c1-32(2,3)41-31(40)36-25-12-15-27-24(17-25)18-28(37(27)20-22-8-7-9-23(16-22)29(33)34)30(39)35-19-21-10-13-26(14-11-21)38(4,5)6;2*1-2(3)4/h7-18H,19-20H2,1-6H3,(H4-,33,34,35,36,39,40);2*1H3,(H,3,4). The van der Waals surface area contributed by atoms with Gasteiger partial charge in [0.1, 0.15) is 22.8 Å². The fourth-order valence-corrected chi connectivity index (χ4v) is 4.48. The van der Waals surface area contributed by atoms with Crippen LogP contribution in [0.2, 0.25) is 0 Å². The molecule has 0 aliphatic heterocycles. The fourth-order valence-electron chi connectivity index (χ4n) is 4.48. The van der Waals surface area contributed by atoms with Crippen molar-refractivity contribution >= 4 is 52.1 Å². The second-order valence-corrected chi connectivity index (χ2v) is 13.0. The Balaban J connectivity index is 0.000000939. The Morgan fingerprint density at radius 2 is 1.53 bits per heavy atom. The molecule has 4 rings (SSSR count). The molecule has 2 amide bonds. The normalized spacial score (nSPS) is 10.9. The minimum atomic E-state index is -1.08. The number of aromatic nitrogens is 1. The summed E-state index contributed by atoms with van der Waals surface area (Å²) >= 11 is 0. The molecule has 0 fully saturated rings. The summed E-state index contributed by atoms with van der Waals surface area (Å²) < 4.78 is 8.02. The quantitative estimate of drug-likeness (QED) is 0.103. The van der Waals surface area contributed by atoms with Gasteiger partial charge in [0.2, 0.25) is 0 Å². The molecule has 4 aromatic rings. The second-order valence-electron chi connectivity index (χ2n) is 13.0. The highest BCUT2D eigenvalue weighted by Crippen LogP contribution is 2.26. The highest BCUT2D eigenvalue weighted by molar-refractivity contribution is 6.00. The van der Waals surface area contributed by atoms with Gasteiger partial charge in [-0.15, -0.1) is 0 Å². The first kappa shape index (κ1) is 39.5. The molecule has 0 aliphatic rings. The number of benzene rings is 3. The van der Waals surface area contributed by atoms with E-state index in [4.69, 9.17) is 35.7 Å². The minimum absolute atomic E-state index is 0.0173. The maximum absolute atomic E-state index is 13.5. The van der Waals surface area contributed by atoms with Gasteiger partial charge >= 0.3 is 6.09 Å². The zero-order valence-corrected chi connectivity index (χ0v) is 29.2. The number of quaternary nitrogens is 1. The van der Waals surface area contributed by atoms with E-state index in [2.05, 4.69) is 43.9 Å². The van der Waals surface area contributed by atoms with Crippen molar-refractivity contribution in [3.63, 3.8) is 0 Å². The van der Waals surface area contributed by atoms with Crippen molar-refractivity contribution in [1.82, 2.24) is 14.4 Å². The number of carbonyl (C=O) groups excluding carboxylic acids is 3. The van der Waals surface area contributed by atoms with Gasteiger partial charge in [0.15, 0.2) is 0 Å². The number of nitrogens with two attached hydrogens (primary N) is 1. The zero-order chi connectivity index (χ0) is 37.1. The number of nitrogen functional groups attached to an aromatic ring is 1. The molecule has 0 saturated heterocycles. The Bertz CT molecular complexity index is 1780. The molecule has 0 spiro atoms. The molecule has 13 heteroatoms. The topological polar surface area (TPSA) is 200 Å². The predicted molar refractivity (Wildman–Crippen MR) is 190 cm³/mol. The fraction of sp³-hybridized carbons (Fsp3) is 0.306. The Morgan fingerprint density at radius 3 is 2.06 bits per heavy atom. The molecule has 0 bridgehead atoms. The van der Waals surface area contributed by atoms with Gasteiger partial charge in [-0.3, -0.25) is 24.8 Å². The van der Waals surface area contributed by atoms with Crippen LogP contribution in [-0.2, 0) is 27.4 Å². The lowest BCUT2D eigenvalue weighted by Crippen LogP contribution is -2.34. The molecule has 49 heavy (non-hydrogen) atoms. The second kappa shape index (κ2) is 16.9. The van der Waals surface area contributed by atoms with E-state index in [1.165, 1.54) is 5.69 Å². The van der Waals surface area contributed by atoms with Gasteiger partial charge in [-0.1, -0.05) is 30.3 Å². The summed E-state index contributed by atoms with van der Waals surface area (Å²) in [6.45, 7) is 8.24. The van der Waals surface area contributed by atoms with E-state index in [0.717, 1.165) is 35.9 Å². The molecule has 0 aliphatic carbocycles. The minimum Gasteiger partial charge on any atom is -0.550 e. The van der Waals surface area contributed by atoms with Gasteiger partial charge in [-0.25, -0.2) is 4.79 Å². The monoisotopic (exact) mass is 674 g/mol. The molecule has 1 aromatic heterocycles. The number of carboxylic acid groups (broad SMARTS) is 2. The SMILES string of the molecule is CC(=O)O.CC(=O)[O-].CC(C)(C)OC(=O)Nc1ccc2c(c1)cc(C(=O)NCc1ccc([N+](C)(C)C)cc1)n2Cc1cccc(C(=N)N)c1. The third-order valence-corrected chi connectivity index (χ3v) is 6.52. The van der Waals surface area contributed by atoms with Gasteiger partial charge in [0.05, 0.1) is 21.1 Å². The van der Waals surface area contributed by atoms with E-state index in [0.29, 0.717) is 34.5 Å². The van der Waals surface area contributed by atoms with Crippen molar-refractivity contribution in [1.29, 1.82) is 5.41 Å². The Kier molecular flexibility index (Phi) is 13.6. The maximum Gasteiger partial charge on any atom is 0.412 e. The number of amides is 2. The lowest BCUT2D eigenvalue weighted by atomic mass is 10.1. The first-order chi connectivity index (χ1) is 22.7. The van der Waals surface area contributed by atoms with Crippen LogP contribution in [-0.4, -0.2) is 66.2 Å². The Hall–Kier alpha value is -5.69. The number of rotatable bonds is 8. The van der Waals surface area contributed by atoms with Crippen LogP contribution >= 0.6 is 0 Å². The summed E-state index contributed by atoms with van der Waals surface area (Å²) in [6, 6.07) is 22.9. The van der Waals surface area contributed by atoms with Crippen molar-refractivity contribution in [3.8, 4) is 0 Å². The third-order valence-electron chi connectivity index (χ3n) is 6.52. The largest absolute Gasteiger partial charge is 0.550 e. The average Bonchev–Trinajstić information content (AvgIpc) is 3.31. The maximum atomic E-state index is 13.5. The van der Waals surface area contributed by atoms with Gasteiger partial charge in [0, 0.05) is 48.1 Å². The number of carbonyl (C=O) groups is 4. The van der Waals surface area contributed by atoms with Crippen molar-refractivity contribution < 1.29 is 34.1 Å². The van der Waals surface area contributed by atoms with E-state index in [1.54, 1.807) is 32.9 Å². The number of aliphatic carboxylic acids is 2. The van der Waals surface area contributed by atoms with Crippen LogP contribution in [0.5, 0.6) is 0 Å². The summed E-state index contributed by atoms with van der Waals surface area (Å²) in [4.78, 5) is 43.8. The van der Waals surface area contributed by atoms with Crippen LogP contribution in [0.25, 0.3) is 10.9 Å². The lowest BCUT2D eigenvalue weighted by Gasteiger charge is -2.23. The summed E-state index contributed by atoms with van der Waals surface area (Å²) in [5.41, 5.74) is 10.6. The van der Waals surface area contributed by atoms with E-state index >= 15 is 0 Å². The highest BCUT2D eigenvalue weighted by atomic mass is 16.6. The summed E-state index contributed by atoms with van der Waals surface area (Å²) in [7, 11) is 6.32. The molecule has 6 N–H and O–H groups in total. The zero-order valence-electron chi connectivity index (χ0n) is 29.2. The molecule has 0 radical (unpaired) electrons. The van der Waals surface area contributed by atoms with Crippen LogP contribution in [0, 0.1) is 5.41 Å². The van der Waals surface area contributed by atoms with Crippen LogP contribution in [0.1, 0.15) is 61.8 Å². The van der Waals surface area contributed by atoms with Crippen LogP contribution in [0.15, 0.2) is 72.8 Å². The Labute approximate surface area is 286 Å². The van der Waals surface area contributed by atoms with Crippen molar-refractivity contribution in [3.05, 3.63) is 95.2 Å². The van der Waals surface area contributed by atoms with Crippen LogP contribution in [0.4, 0.5) is 16.2 Å². The third kappa shape index (κ3) is 13.5. The van der Waals surface area contributed by atoms with Crippen LogP contribution < -0.4 is 26.0 Å². The van der Waals surface area contributed by atoms with E-state index < -0.39 is 23.6 Å². The highest BCUT2D eigenvalue weighted by Gasteiger charge is 2.19. The number of carboxylic acids is 2. The van der Waals surface area contributed by atoms with Gasteiger partial charge < -0.3 is 35.4 Å². The summed E-state index contributed by atoms with van der Waals surface area (Å²) in [5, 5.41) is 30.7. The number of amidine groups is 1. The number of fused-ring (bicyclic) bond motifs is 1. The smallest absolute Gasteiger partial charge is 0.412 e. The summed E-state index contributed by atoms with van der Waals surface area (Å²) in [6.07, 6.45) is -0.549. The molecule has 0 unspecified atom stereocenters. The molecular formula is C36H46N6O7. The number of ether oxygens (including phenoxy) is 1. The molecule has 0 atom stereocenters. The van der Waals surface area contributed by atoms with Crippen LogP contribution in [0.3, 0.4) is 0 Å².